The lowest BCUT2D eigenvalue weighted by molar-refractivity contribution is 0.0317. The van der Waals surface area contributed by atoms with Gasteiger partial charge < -0.3 is 10.4 Å². The third-order valence-electron chi connectivity index (χ3n) is 2.45. The molecule has 4 heteroatoms. The highest BCUT2D eigenvalue weighted by Gasteiger charge is 2.29. The van der Waals surface area contributed by atoms with Crippen molar-refractivity contribution in [2.75, 3.05) is 5.32 Å². The van der Waals surface area contributed by atoms with Gasteiger partial charge in [0.15, 0.2) is 5.13 Å². The first-order chi connectivity index (χ1) is 6.29. The number of rotatable bonds is 2. The first-order valence-electron chi connectivity index (χ1n) is 4.69. The van der Waals surface area contributed by atoms with Crippen LogP contribution < -0.4 is 5.32 Å². The maximum atomic E-state index is 10.1. The minimum atomic E-state index is -0.698. The molecule has 0 spiro atoms. The van der Waals surface area contributed by atoms with E-state index in [0.717, 1.165) is 30.8 Å². The number of aliphatic hydroxyl groups is 1. The van der Waals surface area contributed by atoms with Gasteiger partial charge in [-0.3, -0.25) is 0 Å². The highest BCUT2D eigenvalue weighted by Crippen LogP contribution is 2.29. The van der Waals surface area contributed by atoms with Gasteiger partial charge in [0, 0.05) is 11.6 Å². The standard InChI is InChI=1S/C9H14N2OS/c12-9(4-2-1-3-5-9)11-8-10-6-7-13-8/h6-7,12H,1-5H2,(H,10,11). The lowest BCUT2D eigenvalue weighted by atomic mass is 9.92. The minimum absolute atomic E-state index is 0.698. The molecular weight excluding hydrogens is 184 g/mol. The molecule has 0 radical (unpaired) electrons. The van der Waals surface area contributed by atoms with Crippen LogP contribution in [-0.4, -0.2) is 15.8 Å². The molecule has 72 valence electrons. The summed E-state index contributed by atoms with van der Waals surface area (Å²) in [6.45, 7) is 0. The van der Waals surface area contributed by atoms with Crippen molar-refractivity contribution in [2.45, 2.75) is 37.8 Å². The van der Waals surface area contributed by atoms with Crippen molar-refractivity contribution in [3.8, 4) is 0 Å². The number of hydrogen-bond acceptors (Lipinski definition) is 4. The summed E-state index contributed by atoms with van der Waals surface area (Å²) in [5.41, 5.74) is -0.698. The van der Waals surface area contributed by atoms with Crippen LogP contribution in [0.15, 0.2) is 11.6 Å². The summed E-state index contributed by atoms with van der Waals surface area (Å²) in [6.07, 6.45) is 6.88. The molecule has 0 atom stereocenters. The summed E-state index contributed by atoms with van der Waals surface area (Å²) in [4.78, 5) is 4.10. The fraction of sp³-hybridized carbons (Fsp3) is 0.667. The number of aromatic nitrogens is 1. The van der Waals surface area contributed by atoms with Crippen molar-refractivity contribution in [2.24, 2.45) is 0 Å². The summed E-state index contributed by atoms with van der Waals surface area (Å²) >= 11 is 1.53. The van der Waals surface area contributed by atoms with E-state index < -0.39 is 5.72 Å². The second kappa shape index (κ2) is 3.64. The van der Waals surface area contributed by atoms with Crippen LogP contribution in [-0.2, 0) is 0 Å². The average Bonchev–Trinajstić information content (AvgIpc) is 2.57. The highest BCUT2D eigenvalue weighted by molar-refractivity contribution is 7.13. The maximum absolute atomic E-state index is 10.1. The minimum Gasteiger partial charge on any atom is -0.371 e. The van der Waals surface area contributed by atoms with Gasteiger partial charge in [-0.05, 0) is 25.7 Å². The van der Waals surface area contributed by atoms with Gasteiger partial charge in [-0.2, -0.15) is 0 Å². The number of anilines is 1. The first-order valence-corrected chi connectivity index (χ1v) is 5.57. The summed E-state index contributed by atoms with van der Waals surface area (Å²) < 4.78 is 0. The zero-order valence-electron chi connectivity index (χ0n) is 7.49. The molecule has 0 saturated heterocycles. The van der Waals surface area contributed by atoms with Gasteiger partial charge in [-0.1, -0.05) is 6.42 Å². The van der Waals surface area contributed by atoms with E-state index in [1.54, 1.807) is 6.20 Å². The fourth-order valence-electron chi connectivity index (χ4n) is 1.75. The summed E-state index contributed by atoms with van der Waals surface area (Å²) in [7, 11) is 0. The van der Waals surface area contributed by atoms with E-state index in [1.807, 2.05) is 5.38 Å². The predicted molar refractivity (Wildman–Crippen MR) is 53.8 cm³/mol. The van der Waals surface area contributed by atoms with Crippen LogP contribution >= 0.6 is 11.3 Å². The second-order valence-corrected chi connectivity index (χ2v) is 4.45. The van der Waals surface area contributed by atoms with E-state index in [4.69, 9.17) is 0 Å². The van der Waals surface area contributed by atoms with Gasteiger partial charge in [0.25, 0.3) is 0 Å². The Bertz CT molecular complexity index is 255. The molecule has 0 aromatic carbocycles. The summed E-state index contributed by atoms with van der Waals surface area (Å²) in [5, 5.41) is 15.9. The summed E-state index contributed by atoms with van der Waals surface area (Å²) in [6, 6.07) is 0. The molecule has 0 amide bonds. The largest absolute Gasteiger partial charge is 0.371 e. The molecule has 13 heavy (non-hydrogen) atoms. The fourth-order valence-corrected chi connectivity index (χ4v) is 2.37. The van der Waals surface area contributed by atoms with Crippen molar-refractivity contribution < 1.29 is 5.11 Å². The van der Waals surface area contributed by atoms with E-state index >= 15 is 0 Å². The topological polar surface area (TPSA) is 45.1 Å². The molecular formula is C9H14N2OS. The van der Waals surface area contributed by atoms with Gasteiger partial charge in [0.05, 0.1) is 0 Å². The Morgan fingerprint density at radius 1 is 1.38 bits per heavy atom. The molecule has 3 nitrogen and oxygen atoms in total. The van der Waals surface area contributed by atoms with Crippen molar-refractivity contribution in [1.82, 2.24) is 4.98 Å². The number of nitrogens with zero attached hydrogens (tertiary/aromatic N) is 1. The van der Waals surface area contributed by atoms with Crippen LogP contribution in [0.1, 0.15) is 32.1 Å². The van der Waals surface area contributed by atoms with Gasteiger partial charge in [0.1, 0.15) is 5.72 Å². The molecule has 1 saturated carbocycles. The quantitative estimate of drug-likeness (QED) is 0.716. The van der Waals surface area contributed by atoms with Gasteiger partial charge in [-0.25, -0.2) is 4.98 Å². The predicted octanol–water partition coefficient (Wildman–Crippen LogP) is 2.21. The Kier molecular flexibility index (Phi) is 2.51. The smallest absolute Gasteiger partial charge is 0.184 e. The third-order valence-corrected chi connectivity index (χ3v) is 3.14. The maximum Gasteiger partial charge on any atom is 0.184 e. The van der Waals surface area contributed by atoms with Crippen LogP contribution in [0.3, 0.4) is 0 Å². The van der Waals surface area contributed by atoms with E-state index in [-0.39, 0.29) is 0 Å². The lowest BCUT2D eigenvalue weighted by Gasteiger charge is -2.32. The van der Waals surface area contributed by atoms with Gasteiger partial charge in [-0.15, -0.1) is 11.3 Å². The van der Waals surface area contributed by atoms with E-state index in [0.29, 0.717) is 0 Å². The van der Waals surface area contributed by atoms with Crippen LogP contribution in [0.2, 0.25) is 0 Å². The molecule has 2 N–H and O–H groups in total. The lowest BCUT2D eigenvalue weighted by Crippen LogP contribution is -2.39. The number of nitrogens with one attached hydrogen (secondary N) is 1. The van der Waals surface area contributed by atoms with E-state index in [2.05, 4.69) is 10.3 Å². The molecule has 0 unspecified atom stereocenters. The van der Waals surface area contributed by atoms with Crippen LogP contribution in [0, 0.1) is 0 Å². The van der Waals surface area contributed by atoms with Gasteiger partial charge >= 0.3 is 0 Å². The SMILES string of the molecule is OC1(Nc2nccs2)CCCCC1. The Morgan fingerprint density at radius 2 is 2.15 bits per heavy atom. The monoisotopic (exact) mass is 198 g/mol. The molecule has 1 aromatic rings. The first kappa shape index (κ1) is 8.97. The molecule has 2 rings (SSSR count). The van der Waals surface area contributed by atoms with E-state index in [9.17, 15) is 5.11 Å². The Morgan fingerprint density at radius 3 is 2.77 bits per heavy atom. The van der Waals surface area contributed by atoms with E-state index in [1.165, 1.54) is 17.8 Å². The van der Waals surface area contributed by atoms with Gasteiger partial charge in [0.2, 0.25) is 0 Å². The number of hydrogen-bond donors (Lipinski definition) is 2. The zero-order chi connectivity index (χ0) is 9.15. The normalized spacial score (nSPS) is 21.3. The third kappa shape index (κ3) is 2.19. The molecule has 0 aliphatic heterocycles. The molecule has 1 fully saturated rings. The Hall–Kier alpha value is -0.610. The Labute approximate surface area is 81.8 Å². The molecule has 1 aliphatic rings. The van der Waals surface area contributed by atoms with Crippen molar-refractivity contribution >= 4 is 16.5 Å². The number of thiazole rings is 1. The van der Waals surface area contributed by atoms with Crippen molar-refractivity contribution in [3.63, 3.8) is 0 Å². The van der Waals surface area contributed by atoms with Crippen molar-refractivity contribution in [3.05, 3.63) is 11.6 Å². The van der Waals surface area contributed by atoms with Crippen molar-refractivity contribution in [1.29, 1.82) is 0 Å². The van der Waals surface area contributed by atoms with Crippen LogP contribution in [0.25, 0.3) is 0 Å². The average molecular weight is 198 g/mol. The summed E-state index contributed by atoms with van der Waals surface area (Å²) in [5.74, 6) is 0. The zero-order valence-corrected chi connectivity index (χ0v) is 8.31. The van der Waals surface area contributed by atoms with Crippen LogP contribution in [0.5, 0.6) is 0 Å². The molecule has 0 bridgehead atoms. The molecule has 1 aromatic heterocycles. The Balaban J connectivity index is 1.99. The highest BCUT2D eigenvalue weighted by atomic mass is 32.1. The molecule has 1 aliphatic carbocycles. The second-order valence-electron chi connectivity index (χ2n) is 3.55. The van der Waals surface area contributed by atoms with Crippen LogP contribution in [0.4, 0.5) is 5.13 Å². The molecule has 1 heterocycles.